The van der Waals surface area contributed by atoms with Gasteiger partial charge in [0.25, 0.3) is 11.9 Å². The molecule has 0 unspecified atom stereocenters. The zero-order valence-corrected chi connectivity index (χ0v) is 12.8. The number of benzene rings is 1. The molecule has 0 aliphatic heterocycles. The second kappa shape index (κ2) is 8.63. The summed E-state index contributed by atoms with van der Waals surface area (Å²) in [5.74, 6) is -0.798. The van der Waals surface area contributed by atoms with Gasteiger partial charge in [0.2, 0.25) is 0 Å². The number of amides is 1. The lowest BCUT2D eigenvalue weighted by molar-refractivity contribution is 0.0965. The van der Waals surface area contributed by atoms with Crippen molar-refractivity contribution in [2.24, 2.45) is 4.99 Å². The molecule has 2 rings (SSSR count). The first-order valence-corrected chi connectivity index (χ1v) is 7.33. The normalized spacial score (nSPS) is 11.1. The van der Waals surface area contributed by atoms with Crippen LogP contribution >= 0.6 is 0 Å². The summed E-state index contributed by atoms with van der Waals surface area (Å²) in [6.45, 7) is 2.69. The van der Waals surface area contributed by atoms with Crippen molar-refractivity contribution in [3.8, 4) is 0 Å². The highest BCUT2D eigenvalue weighted by Gasteiger charge is 2.10. The van der Waals surface area contributed by atoms with E-state index in [0.29, 0.717) is 18.7 Å². The van der Waals surface area contributed by atoms with E-state index in [1.54, 1.807) is 6.20 Å². The van der Waals surface area contributed by atoms with Crippen molar-refractivity contribution in [2.75, 3.05) is 6.61 Å². The van der Waals surface area contributed by atoms with Gasteiger partial charge in [0.1, 0.15) is 5.82 Å². The number of carbonyl (C=O) groups is 1. The Kier molecular flexibility index (Phi) is 6.23. The summed E-state index contributed by atoms with van der Waals surface area (Å²) in [5, 5.41) is 2.60. The molecule has 0 atom stereocenters. The Morgan fingerprint density at radius 1 is 1.26 bits per heavy atom. The van der Waals surface area contributed by atoms with Crippen LogP contribution < -0.4 is 5.32 Å². The second-order valence-corrected chi connectivity index (χ2v) is 4.75. The summed E-state index contributed by atoms with van der Waals surface area (Å²) in [6.07, 6.45) is 2.46. The van der Waals surface area contributed by atoms with Crippen LogP contribution in [0.25, 0.3) is 0 Å². The van der Waals surface area contributed by atoms with Crippen LogP contribution in [-0.4, -0.2) is 23.5 Å². The number of nitrogens with one attached hydrogen (secondary N) is 1. The SMILES string of the molecule is CCCOC(=NCc1ccccn1)NC(=O)c1ccc(F)cc1. The second-order valence-electron chi connectivity index (χ2n) is 4.75. The summed E-state index contributed by atoms with van der Waals surface area (Å²) in [4.78, 5) is 20.5. The van der Waals surface area contributed by atoms with Crippen LogP contribution in [0.3, 0.4) is 0 Å². The number of pyridine rings is 1. The van der Waals surface area contributed by atoms with E-state index < -0.39 is 11.7 Å². The molecule has 1 N–H and O–H groups in total. The molecule has 0 aliphatic carbocycles. The molecular weight excluding hydrogens is 297 g/mol. The zero-order chi connectivity index (χ0) is 16.5. The lowest BCUT2D eigenvalue weighted by Crippen LogP contribution is -2.33. The molecule has 0 saturated carbocycles. The quantitative estimate of drug-likeness (QED) is 0.681. The van der Waals surface area contributed by atoms with Crippen molar-refractivity contribution in [3.05, 3.63) is 65.7 Å². The Hall–Kier alpha value is -2.76. The van der Waals surface area contributed by atoms with E-state index in [9.17, 15) is 9.18 Å². The van der Waals surface area contributed by atoms with Gasteiger partial charge >= 0.3 is 0 Å². The number of carbonyl (C=O) groups excluding carboxylic acids is 1. The summed E-state index contributed by atoms with van der Waals surface area (Å²) in [6, 6.07) is 10.9. The Morgan fingerprint density at radius 3 is 2.70 bits per heavy atom. The first-order chi connectivity index (χ1) is 11.2. The van der Waals surface area contributed by atoms with Gasteiger partial charge in [-0.25, -0.2) is 9.38 Å². The lowest BCUT2D eigenvalue weighted by Gasteiger charge is -2.10. The number of hydrogen-bond acceptors (Lipinski definition) is 4. The maximum atomic E-state index is 12.9. The van der Waals surface area contributed by atoms with E-state index in [1.807, 2.05) is 25.1 Å². The van der Waals surface area contributed by atoms with Gasteiger partial charge in [0.15, 0.2) is 0 Å². The molecule has 1 aromatic carbocycles. The van der Waals surface area contributed by atoms with E-state index >= 15 is 0 Å². The number of aromatic nitrogens is 1. The molecule has 0 spiro atoms. The van der Waals surface area contributed by atoms with E-state index in [0.717, 1.165) is 12.1 Å². The molecule has 0 bridgehead atoms. The van der Waals surface area contributed by atoms with E-state index in [2.05, 4.69) is 15.3 Å². The Balaban J connectivity index is 2.05. The van der Waals surface area contributed by atoms with Crippen LogP contribution in [0.2, 0.25) is 0 Å². The first kappa shape index (κ1) is 16.6. The molecule has 6 heteroatoms. The van der Waals surface area contributed by atoms with Crippen LogP contribution in [0, 0.1) is 5.82 Å². The summed E-state index contributed by atoms with van der Waals surface area (Å²) < 4.78 is 18.3. The average Bonchev–Trinajstić information content (AvgIpc) is 2.58. The molecule has 0 radical (unpaired) electrons. The van der Waals surface area contributed by atoms with Gasteiger partial charge in [-0.15, -0.1) is 0 Å². The summed E-state index contributed by atoms with van der Waals surface area (Å²) in [7, 11) is 0. The van der Waals surface area contributed by atoms with Crippen molar-refractivity contribution < 1.29 is 13.9 Å². The van der Waals surface area contributed by atoms with Crippen LogP contribution in [0.5, 0.6) is 0 Å². The third-order valence-electron chi connectivity index (χ3n) is 2.88. The predicted molar refractivity (Wildman–Crippen MR) is 85.5 cm³/mol. The fourth-order valence-corrected chi connectivity index (χ4v) is 1.74. The molecule has 1 amide bonds. The molecule has 0 aliphatic rings. The number of hydrogen-bond donors (Lipinski definition) is 1. The lowest BCUT2D eigenvalue weighted by atomic mass is 10.2. The highest BCUT2D eigenvalue weighted by Crippen LogP contribution is 2.03. The number of halogens is 1. The highest BCUT2D eigenvalue weighted by atomic mass is 19.1. The van der Waals surface area contributed by atoms with Gasteiger partial charge in [0.05, 0.1) is 18.8 Å². The predicted octanol–water partition coefficient (Wildman–Crippen LogP) is 2.93. The van der Waals surface area contributed by atoms with Gasteiger partial charge < -0.3 is 4.74 Å². The minimum atomic E-state index is -0.402. The van der Waals surface area contributed by atoms with E-state index in [-0.39, 0.29) is 6.02 Å². The number of aliphatic imine (C=N–C) groups is 1. The third-order valence-corrected chi connectivity index (χ3v) is 2.88. The van der Waals surface area contributed by atoms with Crippen LogP contribution in [0.1, 0.15) is 29.4 Å². The van der Waals surface area contributed by atoms with Gasteiger partial charge in [-0.05, 0) is 42.8 Å². The van der Waals surface area contributed by atoms with E-state index in [1.165, 1.54) is 24.3 Å². The van der Waals surface area contributed by atoms with Crippen LogP contribution in [0.4, 0.5) is 4.39 Å². The Bertz CT molecular complexity index is 657. The maximum Gasteiger partial charge on any atom is 0.292 e. The molecule has 1 aromatic heterocycles. The molecule has 0 fully saturated rings. The summed E-state index contributed by atoms with van der Waals surface area (Å²) >= 11 is 0. The van der Waals surface area contributed by atoms with Gasteiger partial charge in [0, 0.05) is 11.8 Å². The van der Waals surface area contributed by atoms with Crippen LogP contribution in [0.15, 0.2) is 53.7 Å². The Labute approximate surface area is 134 Å². The van der Waals surface area contributed by atoms with Gasteiger partial charge in [-0.3, -0.25) is 15.1 Å². The third kappa shape index (κ3) is 5.50. The number of rotatable bonds is 5. The molecule has 5 nitrogen and oxygen atoms in total. The van der Waals surface area contributed by atoms with Crippen molar-refractivity contribution in [1.82, 2.24) is 10.3 Å². The average molecular weight is 315 g/mol. The fraction of sp³-hybridized carbons (Fsp3) is 0.235. The Morgan fingerprint density at radius 2 is 2.04 bits per heavy atom. The number of ether oxygens (including phenoxy) is 1. The molecule has 23 heavy (non-hydrogen) atoms. The monoisotopic (exact) mass is 315 g/mol. The highest BCUT2D eigenvalue weighted by molar-refractivity contribution is 6.04. The van der Waals surface area contributed by atoms with Crippen molar-refractivity contribution >= 4 is 11.9 Å². The minimum absolute atomic E-state index is 0.131. The molecule has 1 heterocycles. The van der Waals surface area contributed by atoms with Crippen molar-refractivity contribution in [1.29, 1.82) is 0 Å². The smallest absolute Gasteiger partial charge is 0.292 e. The topological polar surface area (TPSA) is 63.6 Å². The van der Waals surface area contributed by atoms with Gasteiger partial charge in [-0.2, -0.15) is 0 Å². The molecule has 120 valence electrons. The maximum absolute atomic E-state index is 12.9. The first-order valence-electron chi connectivity index (χ1n) is 7.33. The minimum Gasteiger partial charge on any atom is -0.465 e. The molecular formula is C17H18FN3O2. The van der Waals surface area contributed by atoms with Crippen molar-refractivity contribution in [2.45, 2.75) is 19.9 Å². The molecule has 0 saturated heterocycles. The summed E-state index contributed by atoms with van der Waals surface area (Å²) in [5.41, 5.74) is 1.10. The standard InChI is InChI=1S/C17H18FN3O2/c1-2-11-23-17(20-12-15-5-3-4-10-19-15)21-16(22)13-6-8-14(18)9-7-13/h3-10H,2,11-12H2,1H3,(H,20,21,22). The fourth-order valence-electron chi connectivity index (χ4n) is 1.74. The number of nitrogens with zero attached hydrogens (tertiary/aromatic N) is 2. The van der Waals surface area contributed by atoms with E-state index in [4.69, 9.17) is 4.74 Å². The van der Waals surface area contributed by atoms with Gasteiger partial charge in [-0.1, -0.05) is 13.0 Å². The zero-order valence-electron chi connectivity index (χ0n) is 12.8. The molecule has 2 aromatic rings. The van der Waals surface area contributed by atoms with Crippen molar-refractivity contribution in [3.63, 3.8) is 0 Å². The number of amidine groups is 1. The van der Waals surface area contributed by atoms with Crippen LogP contribution in [-0.2, 0) is 11.3 Å². The largest absolute Gasteiger partial charge is 0.465 e.